The first kappa shape index (κ1) is 23.6. The second kappa shape index (κ2) is 11.1. The van der Waals surface area contributed by atoms with Crippen LogP contribution < -0.4 is 21.3 Å². The second-order valence-corrected chi connectivity index (χ2v) is 8.08. The van der Waals surface area contributed by atoms with E-state index >= 15 is 0 Å². The van der Waals surface area contributed by atoms with E-state index in [1.165, 1.54) is 24.3 Å². The summed E-state index contributed by atoms with van der Waals surface area (Å²) in [6.07, 6.45) is 5.85. The SMILES string of the molecule is O=C(Nc1ccc(Nc2ncc(Br)c(NCCc3cnc[nH]3)n2)cc1)Nc1ccc([N+](=O)[O-])cc1. The number of aromatic nitrogens is 4. The predicted octanol–water partition coefficient (Wildman–Crippen LogP) is 4.91. The Labute approximate surface area is 207 Å². The highest BCUT2D eigenvalue weighted by Crippen LogP contribution is 2.23. The average Bonchev–Trinajstić information content (AvgIpc) is 3.36. The number of nitro groups is 1. The van der Waals surface area contributed by atoms with Gasteiger partial charge in [0, 0.05) is 60.2 Å². The summed E-state index contributed by atoms with van der Waals surface area (Å²) in [4.78, 5) is 38.2. The number of aromatic amines is 1. The van der Waals surface area contributed by atoms with Gasteiger partial charge in [-0.05, 0) is 52.3 Å². The van der Waals surface area contributed by atoms with Gasteiger partial charge in [0.25, 0.3) is 5.69 Å². The van der Waals surface area contributed by atoms with Gasteiger partial charge < -0.3 is 26.3 Å². The zero-order valence-electron chi connectivity index (χ0n) is 18.2. The number of nitro benzene ring substituents is 1. The van der Waals surface area contributed by atoms with Gasteiger partial charge in [0.05, 0.1) is 15.7 Å². The fourth-order valence-corrected chi connectivity index (χ4v) is 3.35. The quantitative estimate of drug-likeness (QED) is 0.148. The van der Waals surface area contributed by atoms with Gasteiger partial charge in [0.1, 0.15) is 5.82 Å². The van der Waals surface area contributed by atoms with Crippen LogP contribution in [0.25, 0.3) is 0 Å². The number of H-pyrrole nitrogens is 1. The molecule has 2 amide bonds. The van der Waals surface area contributed by atoms with E-state index < -0.39 is 11.0 Å². The van der Waals surface area contributed by atoms with Crippen LogP contribution in [0.5, 0.6) is 0 Å². The van der Waals surface area contributed by atoms with E-state index in [0.717, 1.165) is 22.3 Å². The largest absolute Gasteiger partial charge is 0.369 e. The molecular weight excluding hydrogens is 518 g/mol. The number of rotatable bonds is 9. The molecule has 13 heteroatoms. The lowest BCUT2D eigenvalue weighted by Crippen LogP contribution is -2.19. The number of nitrogens with one attached hydrogen (secondary N) is 5. The first-order valence-electron chi connectivity index (χ1n) is 10.4. The molecule has 2 heterocycles. The van der Waals surface area contributed by atoms with Crippen LogP contribution in [-0.4, -0.2) is 37.4 Å². The molecule has 2 aromatic carbocycles. The maximum atomic E-state index is 12.2. The van der Waals surface area contributed by atoms with E-state index in [2.05, 4.69) is 57.1 Å². The van der Waals surface area contributed by atoms with Crippen LogP contribution in [0, 0.1) is 10.1 Å². The molecule has 0 unspecified atom stereocenters. The van der Waals surface area contributed by atoms with Crippen LogP contribution >= 0.6 is 15.9 Å². The molecule has 4 aromatic rings. The Kier molecular flexibility index (Phi) is 7.47. The van der Waals surface area contributed by atoms with Crippen molar-refractivity contribution < 1.29 is 9.72 Å². The number of carbonyl (C=O) groups is 1. The van der Waals surface area contributed by atoms with Gasteiger partial charge in [-0.3, -0.25) is 10.1 Å². The predicted molar refractivity (Wildman–Crippen MR) is 136 cm³/mol. The molecule has 178 valence electrons. The normalized spacial score (nSPS) is 10.4. The first-order chi connectivity index (χ1) is 17.0. The minimum absolute atomic E-state index is 0.0502. The Morgan fingerprint density at radius 3 is 2.29 bits per heavy atom. The topological polar surface area (TPSA) is 163 Å². The lowest BCUT2D eigenvalue weighted by atomic mass is 10.2. The van der Waals surface area contributed by atoms with Crippen molar-refractivity contribution >= 4 is 56.5 Å². The van der Waals surface area contributed by atoms with Crippen molar-refractivity contribution in [2.75, 3.05) is 27.8 Å². The highest BCUT2D eigenvalue weighted by molar-refractivity contribution is 9.10. The number of urea groups is 1. The van der Waals surface area contributed by atoms with Crippen LogP contribution in [0.2, 0.25) is 0 Å². The Balaban J connectivity index is 1.30. The minimum Gasteiger partial charge on any atom is -0.369 e. The second-order valence-electron chi connectivity index (χ2n) is 7.23. The zero-order valence-corrected chi connectivity index (χ0v) is 19.7. The Morgan fingerprint density at radius 1 is 1.00 bits per heavy atom. The molecule has 0 aliphatic rings. The number of non-ortho nitro benzene ring substituents is 1. The van der Waals surface area contributed by atoms with E-state index in [4.69, 9.17) is 0 Å². The maximum absolute atomic E-state index is 12.2. The van der Waals surface area contributed by atoms with E-state index in [0.29, 0.717) is 29.7 Å². The molecule has 0 atom stereocenters. The molecule has 0 radical (unpaired) electrons. The van der Waals surface area contributed by atoms with Crippen LogP contribution in [0.4, 0.5) is 39.3 Å². The number of hydrogen-bond donors (Lipinski definition) is 5. The standard InChI is InChI=1S/C22H20BrN9O3/c23-19-12-26-21(31-20(19)25-10-9-17-11-24-13-27-17)28-14-1-3-15(4-2-14)29-22(33)30-16-5-7-18(8-6-16)32(34)35/h1-8,11-13H,9-10H2,(H,24,27)(H2,29,30,33)(H2,25,26,28,31). The number of carbonyl (C=O) groups excluding carboxylic acids is 1. The van der Waals surface area contributed by atoms with Gasteiger partial charge in [0.2, 0.25) is 5.95 Å². The van der Waals surface area contributed by atoms with Gasteiger partial charge in [-0.25, -0.2) is 14.8 Å². The molecule has 12 nitrogen and oxygen atoms in total. The first-order valence-corrected chi connectivity index (χ1v) is 11.2. The molecule has 2 aromatic heterocycles. The summed E-state index contributed by atoms with van der Waals surface area (Å²) in [5.41, 5.74) is 2.71. The Bertz CT molecular complexity index is 1300. The molecule has 0 fully saturated rings. The fraction of sp³-hybridized carbons (Fsp3) is 0.0909. The van der Waals surface area contributed by atoms with Crippen molar-refractivity contribution in [2.24, 2.45) is 0 Å². The smallest absolute Gasteiger partial charge is 0.323 e. The summed E-state index contributed by atoms with van der Waals surface area (Å²) in [5.74, 6) is 1.07. The van der Waals surface area contributed by atoms with Gasteiger partial charge >= 0.3 is 6.03 Å². The summed E-state index contributed by atoms with van der Waals surface area (Å²) in [7, 11) is 0. The lowest BCUT2D eigenvalue weighted by molar-refractivity contribution is -0.384. The summed E-state index contributed by atoms with van der Waals surface area (Å²) in [5, 5.41) is 22.4. The molecular formula is C22H20BrN9O3. The highest BCUT2D eigenvalue weighted by atomic mass is 79.9. The maximum Gasteiger partial charge on any atom is 0.323 e. The van der Waals surface area contributed by atoms with E-state index in [-0.39, 0.29) is 5.69 Å². The summed E-state index contributed by atoms with van der Waals surface area (Å²) < 4.78 is 0.742. The van der Waals surface area contributed by atoms with Crippen LogP contribution in [0.15, 0.2) is 71.7 Å². The monoisotopic (exact) mass is 537 g/mol. The summed E-state index contributed by atoms with van der Waals surface area (Å²) in [6, 6.07) is 12.1. The van der Waals surface area contributed by atoms with E-state index in [1.54, 1.807) is 43.0 Å². The fourth-order valence-electron chi connectivity index (χ4n) is 3.01. The Morgan fingerprint density at radius 2 is 1.66 bits per heavy atom. The molecule has 0 spiro atoms. The van der Waals surface area contributed by atoms with Gasteiger partial charge in [-0.15, -0.1) is 0 Å². The average molecular weight is 538 g/mol. The van der Waals surface area contributed by atoms with Crippen LogP contribution in [0.3, 0.4) is 0 Å². The highest BCUT2D eigenvalue weighted by Gasteiger charge is 2.08. The minimum atomic E-state index is -0.501. The Hall–Kier alpha value is -4.52. The molecule has 5 N–H and O–H groups in total. The number of anilines is 5. The van der Waals surface area contributed by atoms with E-state index in [9.17, 15) is 14.9 Å². The van der Waals surface area contributed by atoms with Crippen molar-refractivity contribution in [3.8, 4) is 0 Å². The zero-order chi connectivity index (χ0) is 24.6. The molecule has 0 aliphatic heterocycles. The van der Waals surface area contributed by atoms with Crippen molar-refractivity contribution in [1.82, 2.24) is 19.9 Å². The number of halogens is 1. The molecule has 0 saturated carbocycles. The van der Waals surface area contributed by atoms with Crippen LogP contribution in [-0.2, 0) is 6.42 Å². The van der Waals surface area contributed by atoms with Crippen LogP contribution in [0.1, 0.15) is 5.69 Å². The third-order valence-electron chi connectivity index (χ3n) is 4.72. The summed E-state index contributed by atoms with van der Waals surface area (Å²) >= 11 is 3.45. The number of amides is 2. The number of benzene rings is 2. The number of nitrogens with zero attached hydrogens (tertiary/aromatic N) is 4. The molecule has 0 bridgehead atoms. The molecule has 0 aliphatic carbocycles. The lowest BCUT2D eigenvalue weighted by Gasteiger charge is -2.11. The molecule has 0 saturated heterocycles. The van der Waals surface area contributed by atoms with Gasteiger partial charge in [-0.1, -0.05) is 0 Å². The molecule has 35 heavy (non-hydrogen) atoms. The third kappa shape index (κ3) is 6.74. The van der Waals surface area contributed by atoms with Gasteiger partial charge in [0.15, 0.2) is 0 Å². The van der Waals surface area contributed by atoms with Crippen molar-refractivity contribution in [1.29, 1.82) is 0 Å². The van der Waals surface area contributed by atoms with Crippen molar-refractivity contribution in [3.05, 3.63) is 87.5 Å². The van der Waals surface area contributed by atoms with Gasteiger partial charge in [-0.2, -0.15) is 4.98 Å². The van der Waals surface area contributed by atoms with E-state index in [1.807, 2.05) is 0 Å². The number of imidazole rings is 1. The third-order valence-corrected chi connectivity index (χ3v) is 5.30. The van der Waals surface area contributed by atoms with Crippen molar-refractivity contribution in [2.45, 2.75) is 6.42 Å². The summed E-state index contributed by atoms with van der Waals surface area (Å²) in [6.45, 7) is 0.666. The van der Waals surface area contributed by atoms with Crippen molar-refractivity contribution in [3.63, 3.8) is 0 Å². The molecule has 4 rings (SSSR count). The number of hydrogen-bond acceptors (Lipinski definition) is 8.